The van der Waals surface area contributed by atoms with Crippen molar-refractivity contribution in [2.45, 2.75) is 33.4 Å². The topological polar surface area (TPSA) is 28.4 Å². The van der Waals surface area contributed by atoms with Gasteiger partial charge in [-0.05, 0) is 38.1 Å². The van der Waals surface area contributed by atoms with Crippen molar-refractivity contribution < 1.29 is 4.42 Å². The highest BCUT2D eigenvalue weighted by atomic mass is 16.3. The summed E-state index contributed by atoms with van der Waals surface area (Å²) in [5.41, 5.74) is 3.74. The molecule has 1 aromatic carbocycles. The molecule has 0 amide bonds. The Morgan fingerprint density at radius 3 is 2.60 bits per heavy atom. The van der Waals surface area contributed by atoms with Gasteiger partial charge in [0.2, 0.25) is 0 Å². The third-order valence-electron chi connectivity index (χ3n) is 3.44. The standard InChI is InChI=1S/C17H24N2O/c1-4-10-18-12-15-9-11-20-17(15)13-19(3)16-7-5-14(2)6-8-16/h5-9,11,18H,4,10,12-13H2,1-3H3. The summed E-state index contributed by atoms with van der Waals surface area (Å²) < 4.78 is 5.63. The van der Waals surface area contributed by atoms with Gasteiger partial charge < -0.3 is 14.6 Å². The summed E-state index contributed by atoms with van der Waals surface area (Å²) >= 11 is 0. The van der Waals surface area contributed by atoms with E-state index < -0.39 is 0 Å². The zero-order valence-corrected chi connectivity index (χ0v) is 12.6. The molecule has 20 heavy (non-hydrogen) atoms. The zero-order chi connectivity index (χ0) is 14.4. The Kier molecular flexibility index (Phi) is 5.24. The van der Waals surface area contributed by atoms with Crippen molar-refractivity contribution in [1.29, 1.82) is 0 Å². The molecule has 0 aliphatic heterocycles. The molecule has 0 aliphatic rings. The smallest absolute Gasteiger partial charge is 0.127 e. The van der Waals surface area contributed by atoms with Crippen molar-refractivity contribution >= 4 is 5.69 Å². The lowest BCUT2D eigenvalue weighted by molar-refractivity contribution is 0.499. The maximum absolute atomic E-state index is 5.63. The van der Waals surface area contributed by atoms with Crippen LogP contribution < -0.4 is 10.2 Å². The largest absolute Gasteiger partial charge is 0.467 e. The van der Waals surface area contributed by atoms with Crippen LogP contribution in [0.2, 0.25) is 0 Å². The molecule has 1 aromatic heterocycles. The van der Waals surface area contributed by atoms with Gasteiger partial charge in [0.15, 0.2) is 0 Å². The molecule has 1 N–H and O–H groups in total. The summed E-state index contributed by atoms with van der Waals surface area (Å²) in [6.07, 6.45) is 2.93. The molecule has 0 spiro atoms. The average Bonchev–Trinajstić information content (AvgIpc) is 2.87. The van der Waals surface area contributed by atoms with Crippen LogP contribution in [0.3, 0.4) is 0 Å². The van der Waals surface area contributed by atoms with Gasteiger partial charge in [0, 0.05) is 24.8 Å². The van der Waals surface area contributed by atoms with E-state index in [4.69, 9.17) is 4.42 Å². The quantitative estimate of drug-likeness (QED) is 0.779. The number of rotatable bonds is 7. The minimum absolute atomic E-state index is 0.791. The van der Waals surface area contributed by atoms with Crippen LogP contribution in [0.1, 0.15) is 30.2 Å². The monoisotopic (exact) mass is 272 g/mol. The highest BCUT2D eigenvalue weighted by Gasteiger charge is 2.09. The molecular formula is C17H24N2O. The number of benzene rings is 1. The van der Waals surface area contributed by atoms with Gasteiger partial charge in [0.1, 0.15) is 5.76 Å². The van der Waals surface area contributed by atoms with E-state index in [-0.39, 0.29) is 0 Å². The Morgan fingerprint density at radius 2 is 1.90 bits per heavy atom. The first-order valence-corrected chi connectivity index (χ1v) is 7.24. The Balaban J connectivity index is 1.98. The fourth-order valence-corrected chi connectivity index (χ4v) is 2.17. The van der Waals surface area contributed by atoms with Gasteiger partial charge in [0.25, 0.3) is 0 Å². The van der Waals surface area contributed by atoms with Crippen LogP contribution in [0.15, 0.2) is 41.0 Å². The van der Waals surface area contributed by atoms with E-state index in [0.717, 1.165) is 31.8 Å². The van der Waals surface area contributed by atoms with E-state index in [2.05, 4.69) is 61.4 Å². The second kappa shape index (κ2) is 7.15. The normalized spacial score (nSPS) is 10.8. The molecule has 2 rings (SSSR count). The second-order valence-corrected chi connectivity index (χ2v) is 5.24. The number of furan rings is 1. The van der Waals surface area contributed by atoms with Crippen LogP contribution in [0.4, 0.5) is 5.69 Å². The van der Waals surface area contributed by atoms with Gasteiger partial charge in [0.05, 0.1) is 12.8 Å². The number of hydrogen-bond acceptors (Lipinski definition) is 3. The molecule has 0 fully saturated rings. The first-order valence-electron chi connectivity index (χ1n) is 7.24. The van der Waals surface area contributed by atoms with E-state index in [1.54, 1.807) is 6.26 Å². The molecule has 3 heteroatoms. The Morgan fingerprint density at radius 1 is 1.15 bits per heavy atom. The number of nitrogens with one attached hydrogen (secondary N) is 1. The summed E-state index contributed by atoms with van der Waals surface area (Å²) in [7, 11) is 2.09. The van der Waals surface area contributed by atoms with Crippen LogP contribution in [0.5, 0.6) is 0 Å². The first-order chi connectivity index (χ1) is 9.70. The molecule has 0 bridgehead atoms. The van der Waals surface area contributed by atoms with Crippen molar-refractivity contribution in [1.82, 2.24) is 5.32 Å². The van der Waals surface area contributed by atoms with Crippen LogP contribution in [-0.4, -0.2) is 13.6 Å². The van der Waals surface area contributed by atoms with Crippen LogP contribution in [-0.2, 0) is 13.1 Å². The second-order valence-electron chi connectivity index (χ2n) is 5.24. The minimum atomic E-state index is 0.791. The Labute approximate surface area is 121 Å². The zero-order valence-electron chi connectivity index (χ0n) is 12.6. The molecular weight excluding hydrogens is 248 g/mol. The van der Waals surface area contributed by atoms with Crippen LogP contribution in [0, 0.1) is 6.92 Å². The number of anilines is 1. The van der Waals surface area contributed by atoms with Gasteiger partial charge in [-0.3, -0.25) is 0 Å². The Hall–Kier alpha value is -1.74. The van der Waals surface area contributed by atoms with Crippen molar-refractivity contribution in [3.05, 3.63) is 53.5 Å². The van der Waals surface area contributed by atoms with E-state index in [1.165, 1.54) is 16.8 Å². The molecule has 108 valence electrons. The number of nitrogens with zero attached hydrogens (tertiary/aromatic N) is 1. The number of hydrogen-bond donors (Lipinski definition) is 1. The van der Waals surface area contributed by atoms with Gasteiger partial charge in [-0.1, -0.05) is 24.6 Å². The van der Waals surface area contributed by atoms with E-state index in [0.29, 0.717) is 0 Å². The Bertz CT molecular complexity index is 516. The minimum Gasteiger partial charge on any atom is -0.467 e. The summed E-state index contributed by atoms with van der Waals surface area (Å²) in [4.78, 5) is 2.21. The summed E-state index contributed by atoms with van der Waals surface area (Å²) in [6, 6.07) is 10.6. The predicted octanol–water partition coefficient (Wildman–Crippen LogP) is 3.72. The summed E-state index contributed by atoms with van der Waals surface area (Å²) in [5, 5.41) is 3.42. The van der Waals surface area contributed by atoms with Gasteiger partial charge >= 0.3 is 0 Å². The molecule has 2 aromatic rings. The lowest BCUT2D eigenvalue weighted by Gasteiger charge is -2.19. The molecule has 0 saturated heterocycles. The lowest BCUT2D eigenvalue weighted by Crippen LogP contribution is -2.19. The van der Waals surface area contributed by atoms with Crippen LogP contribution >= 0.6 is 0 Å². The van der Waals surface area contributed by atoms with Crippen molar-refractivity contribution in [2.24, 2.45) is 0 Å². The van der Waals surface area contributed by atoms with E-state index in [9.17, 15) is 0 Å². The van der Waals surface area contributed by atoms with Gasteiger partial charge in [-0.25, -0.2) is 0 Å². The predicted molar refractivity (Wildman–Crippen MR) is 84.0 cm³/mol. The van der Waals surface area contributed by atoms with Crippen molar-refractivity contribution in [3.63, 3.8) is 0 Å². The van der Waals surface area contributed by atoms with Crippen molar-refractivity contribution in [3.8, 4) is 0 Å². The van der Waals surface area contributed by atoms with E-state index >= 15 is 0 Å². The molecule has 0 unspecified atom stereocenters. The molecule has 1 heterocycles. The SMILES string of the molecule is CCCNCc1ccoc1CN(C)c1ccc(C)cc1. The van der Waals surface area contributed by atoms with E-state index in [1.807, 2.05) is 0 Å². The van der Waals surface area contributed by atoms with Crippen molar-refractivity contribution in [2.75, 3.05) is 18.5 Å². The molecule has 0 radical (unpaired) electrons. The summed E-state index contributed by atoms with van der Waals surface area (Å²) in [6.45, 7) is 6.99. The fourth-order valence-electron chi connectivity index (χ4n) is 2.17. The maximum Gasteiger partial charge on any atom is 0.127 e. The van der Waals surface area contributed by atoms with Crippen LogP contribution in [0.25, 0.3) is 0 Å². The summed E-state index contributed by atoms with van der Waals surface area (Å²) in [5.74, 6) is 1.04. The average molecular weight is 272 g/mol. The first kappa shape index (κ1) is 14.7. The molecule has 3 nitrogen and oxygen atoms in total. The number of aryl methyl sites for hydroxylation is 1. The molecule has 0 saturated carbocycles. The third-order valence-corrected chi connectivity index (χ3v) is 3.44. The highest BCUT2D eigenvalue weighted by Crippen LogP contribution is 2.19. The lowest BCUT2D eigenvalue weighted by atomic mass is 10.2. The van der Waals surface area contributed by atoms with Gasteiger partial charge in [-0.15, -0.1) is 0 Å². The highest BCUT2D eigenvalue weighted by molar-refractivity contribution is 5.47. The fraction of sp³-hybridized carbons (Fsp3) is 0.412. The molecule has 0 aliphatic carbocycles. The maximum atomic E-state index is 5.63. The third kappa shape index (κ3) is 3.87. The van der Waals surface area contributed by atoms with Gasteiger partial charge in [-0.2, -0.15) is 0 Å². The molecule has 0 atom stereocenters.